The molecule has 0 saturated carbocycles. The normalized spacial score (nSPS) is 16.5. The zero-order valence-electron chi connectivity index (χ0n) is 15.9. The fourth-order valence-electron chi connectivity index (χ4n) is 3.05. The van der Waals surface area contributed by atoms with Crippen molar-refractivity contribution in [3.63, 3.8) is 0 Å². The highest BCUT2D eigenvalue weighted by Crippen LogP contribution is 2.21. The number of amides is 1. The molecule has 0 spiro atoms. The minimum atomic E-state index is -3.53. The molecule has 27 heavy (non-hydrogen) atoms. The number of hydrogen-bond donors (Lipinski definition) is 1. The van der Waals surface area contributed by atoms with Crippen LogP contribution in [0, 0.1) is 0 Å². The fourth-order valence-corrected chi connectivity index (χ4v) is 4.57. The Morgan fingerprint density at radius 1 is 1.15 bits per heavy atom. The lowest BCUT2D eigenvalue weighted by Crippen LogP contribution is -2.36. The van der Waals surface area contributed by atoms with E-state index in [4.69, 9.17) is 4.74 Å². The Balaban J connectivity index is 1.92. The summed E-state index contributed by atoms with van der Waals surface area (Å²) < 4.78 is 31.7. The first-order chi connectivity index (χ1) is 12.8. The van der Waals surface area contributed by atoms with E-state index in [9.17, 15) is 18.0 Å². The fraction of sp³-hybridized carbons (Fsp3) is 0.579. The van der Waals surface area contributed by atoms with Crippen molar-refractivity contribution in [3.8, 4) is 0 Å². The Kier molecular flexibility index (Phi) is 7.79. The molecule has 1 atom stereocenters. The summed E-state index contributed by atoms with van der Waals surface area (Å²) in [5, 5.41) is 2.75. The number of nitrogens with one attached hydrogen (secondary N) is 1. The topological polar surface area (TPSA) is 92.8 Å². The molecule has 0 bridgehead atoms. The van der Waals surface area contributed by atoms with E-state index in [-0.39, 0.29) is 29.0 Å². The highest BCUT2D eigenvalue weighted by atomic mass is 32.2. The third-order valence-electron chi connectivity index (χ3n) is 4.51. The number of benzene rings is 1. The first-order valence-electron chi connectivity index (χ1n) is 9.41. The molecule has 8 heteroatoms. The molecule has 0 radical (unpaired) electrons. The molecule has 1 aliphatic heterocycles. The van der Waals surface area contributed by atoms with E-state index in [1.165, 1.54) is 28.6 Å². The minimum Gasteiger partial charge on any atom is -0.452 e. The molecular weight excluding hydrogens is 368 g/mol. The number of nitrogens with zero attached hydrogens (tertiary/aromatic N) is 1. The predicted octanol–water partition coefficient (Wildman–Crippen LogP) is 2.32. The molecule has 1 aromatic rings. The van der Waals surface area contributed by atoms with Crippen molar-refractivity contribution in [2.45, 2.75) is 56.9 Å². The second-order valence-electron chi connectivity index (χ2n) is 6.82. The summed E-state index contributed by atoms with van der Waals surface area (Å²) in [6, 6.07) is 5.67. The Bertz CT molecular complexity index is 740. The van der Waals surface area contributed by atoms with Gasteiger partial charge in [0, 0.05) is 19.1 Å². The van der Waals surface area contributed by atoms with Gasteiger partial charge in [0.1, 0.15) is 0 Å². The number of piperidine rings is 1. The van der Waals surface area contributed by atoms with E-state index in [1.807, 2.05) is 13.8 Å². The van der Waals surface area contributed by atoms with Crippen molar-refractivity contribution in [2.24, 2.45) is 0 Å². The van der Waals surface area contributed by atoms with E-state index in [2.05, 4.69) is 5.32 Å². The Morgan fingerprint density at radius 2 is 1.78 bits per heavy atom. The van der Waals surface area contributed by atoms with Gasteiger partial charge in [-0.15, -0.1) is 0 Å². The van der Waals surface area contributed by atoms with E-state index in [1.54, 1.807) is 0 Å². The molecule has 1 saturated heterocycles. The number of sulfonamides is 1. The molecule has 0 aromatic heterocycles. The molecule has 0 aliphatic carbocycles. The standard InChI is InChI=1S/C19H28N2O5S/c1-3-7-15(2)20-18(22)14-26-19(23)16-8-10-17(11-9-16)27(24,25)21-12-5-4-6-13-21/h8-11,15H,3-7,12-14H2,1-2H3,(H,20,22)/t15-/m1/s1. The van der Waals surface area contributed by atoms with Gasteiger partial charge in [0.25, 0.3) is 5.91 Å². The molecule has 7 nitrogen and oxygen atoms in total. The zero-order chi connectivity index (χ0) is 19.9. The Labute approximate surface area is 161 Å². The molecular formula is C19H28N2O5S. The van der Waals surface area contributed by atoms with Crippen molar-refractivity contribution >= 4 is 21.9 Å². The van der Waals surface area contributed by atoms with Gasteiger partial charge < -0.3 is 10.1 Å². The van der Waals surface area contributed by atoms with E-state index < -0.39 is 16.0 Å². The van der Waals surface area contributed by atoms with Crippen molar-refractivity contribution in [2.75, 3.05) is 19.7 Å². The molecule has 1 N–H and O–H groups in total. The number of esters is 1. The first kappa shape index (κ1) is 21.4. The van der Waals surface area contributed by atoms with Gasteiger partial charge in [-0.05, 0) is 50.5 Å². The van der Waals surface area contributed by atoms with Crippen molar-refractivity contribution in [1.82, 2.24) is 9.62 Å². The van der Waals surface area contributed by atoms with Gasteiger partial charge in [0.05, 0.1) is 10.5 Å². The second-order valence-corrected chi connectivity index (χ2v) is 8.76. The summed E-state index contributed by atoms with van der Waals surface area (Å²) in [5.41, 5.74) is 0.210. The molecule has 1 aromatic carbocycles. The number of hydrogen-bond acceptors (Lipinski definition) is 5. The summed E-state index contributed by atoms with van der Waals surface area (Å²) >= 11 is 0. The van der Waals surface area contributed by atoms with Crippen LogP contribution in [-0.4, -0.2) is 50.3 Å². The quantitative estimate of drug-likeness (QED) is 0.681. The highest BCUT2D eigenvalue weighted by Gasteiger charge is 2.26. The van der Waals surface area contributed by atoms with E-state index in [0.29, 0.717) is 13.1 Å². The maximum Gasteiger partial charge on any atom is 0.338 e. The van der Waals surface area contributed by atoms with Crippen LogP contribution in [0.1, 0.15) is 56.3 Å². The first-order valence-corrected chi connectivity index (χ1v) is 10.8. The summed E-state index contributed by atoms with van der Waals surface area (Å²) in [7, 11) is -3.53. The average molecular weight is 397 g/mol. The monoisotopic (exact) mass is 396 g/mol. The maximum atomic E-state index is 12.6. The molecule has 1 heterocycles. The van der Waals surface area contributed by atoms with E-state index >= 15 is 0 Å². The lowest BCUT2D eigenvalue weighted by molar-refractivity contribution is -0.124. The van der Waals surface area contributed by atoms with Gasteiger partial charge in [0.2, 0.25) is 10.0 Å². The van der Waals surface area contributed by atoms with Gasteiger partial charge >= 0.3 is 5.97 Å². The molecule has 0 unspecified atom stereocenters. The molecule has 1 fully saturated rings. The van der Waals surface area contributed by atoms with Gasteiger partial charge in [-0.2, -0.15) is 4.31 Å². The van der Waals surface area contributed by atoms with Crippen LogP contribution in [0.4, 0.5) is 0 Å². The molecule has 1 aliphatic rings. The lowest BCUT2D eigenvalue weighted by Gasteiger charge is -2.25. The maximum absolute atomic E-state index is 12.6. The second kappa shape index (κ2) is 9.85. The van der Waals surface area contributed by atoms with Crippen LogP contribution in [0.2, 0.25) is 0 Å². The van der Waals surface area contributed by atoms with E-state index in [0.717, 1.165) is 32.1 Å². The lowest BCUT2D eigenvalue weighted by atomic mass is 10.2. The molecule has 1 amide bonds. The third-order valence-corrected chi connectivity index (χ3v) is 6.42. The van der Waals surface area contributed by atoms with Crippen LogP contribution in [0.5, 0.6) is 0 Å². The molecule has 2 rings (SSSR count). The average Bonchev–Trinajstić information content (AvgIpc) is 2.67. The Morgan fingerprint density at radius 3 is 2.37 bits per heavy atom. The van der Waals surface area contributed by atoms with Crippen molar-refractivity contribution in [1.29, 1.82) is 0 Å². The number of carbonyl (C=O) groups excluding carboxylic acids is 2. The summed E-state index contributed by atoms with van der Waals surface area (Å²) in [5.74, 6) is -1.01. The van der Waals surface area contributed by atoms with Crippen LogP contribution < -0.4 is 5.32 Å². The van der Waals surface area contributed by atoms with Gasteiger partial charge in [0.15, 0.2) is 6.61 Å². The number of rotatable bonds is 8. The van der Waals surface area contributed by atoms with Gasteiger partial charge in [-0.25, -0.2) is 13.2 Å². The van der Waals surface area contributed by atoms with Crippen LogP contribution in [-0.2, 0) is 19.6 Å². The molecule has 150 valence electrons. The van der Waals surface area contributed by atoms with Crippen LogP contribution in [0.15, 0.2) is 29.2 Å². The van der Waals surface area contributed by atoms with Gasteiger partial charge in [-0.3, -0.25) is 4.79 Å². The summed E-state index contributed by atoms with van der Waals surface area (Å²) in [6.07, 6.45) is 4.58. The predicted molar refractivity (Wildman–Crippen MR) is 102 cm³/mol. The largest absolute Gasteiger partial charge is 0.452 e. The van der Waals surface area contributed by atoms with Crippen LogP contribution >= 0.6 is 0 Å². The van der Waals surface area contributed by atoms with Crippen LogP contribution in [0.25, 0.3) is 0 Å². The SMILES string of the molecule is CCC[C@@H](C)NC(=O)COC(=O)c1ccc(S(=O)(=O)N2CCCCC2)cc1. The van der Waals surface area contributed by atoms with Crippen molar-refractivity contribution < 1.29 is 22.7 Å². The minimum absolute atomic E-state index is 0.0282. The zero-order valence-corrected chi connectivity index (χ0v) is 16.8. The highest BCUT2D eigenvalue weighted by molar-refractivity contribution is 7.89. The van der Waals surface area contributed by atoms with Gasteiger partial charge in [-0.1, -0.05) is 19.8 Å². The summed E-state index contributed by atoms with van der Waals surface area (Å²) in [4.78, 5) is 24.0. The third kappa shape index (κ3) is 6.04. The number of ether oxygens (including phenoxy) is 1. The van der Waals surface area contributed by atoms with Crippen molar-refractivity contribution in [3.05, 3.63) is 29.8 Å². The summed E-state index contributed by atoms with van der Waals surface area (Å²) in [6.45, 7) is 4.61. The van der Waals surface area contributed by atoms with Crippen LogP contribution in [0.3, 0.4) is 0 Å². The number of carbonyl (C=O) groups is 2. The smallest absolute Gasteiger partial charge is 0.338 e. The Hall–Kier alpha value is -1.93.